The second-order valence-corrected chi connectivity index (χ2v) is 9.60. The molecule has 170 valence electrons. The lowest BCUT2D eigenvalue weighted by atomic mass is 9.88. The van der Waals surface area contributed by atoms with Gasteiger partial charge in [0.1, 0.15) is 17.1 Å². The molecule has 1 aromatic rings. The van der Waals surface area contributed by atoms with E-state index in [1.165, 1.54) is 18.4 Å². The fourth-order valence-electron chi connectivity index (χ4n) is 4.60. The lowest BCUT2D eigenvalue weighted by Gasteiger charge is -2.25. The Morgan fingerprint density at radius 3 is 2.55 bits per heavy atom. The first-order chi connectivity index (χ1) is 14.8. The average Bonchev–Trinajstić information content (AvgIpc) is 3.17. The van der Waals surface area contributed by atoms with Gasteiger partial charge < -0.3 is 15.4 Å². The molecule has 0 radical (unpaired) electrons. The quantitative estimate of drug-likeness (QED) is 0.467. The number of rotatable bonds is 8. The standard InChI is InChI=1S/C22H31N3O5S/c1-5-9-22(10-6-2)20(28)25(21(29)24-22)12-16(26)23-18-17(19(27)30-4)14-8-7-13(3)11-15(14)31-18/h13H,5-12H2,1-4H3,(H,23,26)(H,24,29). The normalized spacial score (nSPS) is 19.7. The molecule has 1 aliphatic carbocycles. The zero-order valence-corrected chi connectivity index (χ0v) is 19.4. The van der Waals surface area contributed by atoms with Crippen molar-refractivity contribution >= 4 is 40.2 Å². The van der Waals surface area contributed by atoms with Crippen LogP contribution in [0.5, 0.6) is 0 Å². The Balaban J connectivity index is 1.79. The van der Waals surface area contributed by atoms with Gasteiger partial charge in [0, 0.05) is 4.88 Å². The van der Waals surface area contributed by atoms with Crippen LogP contribution in [0.15, 0.2) is 0 Å². The summed E-state index contributed by atoms with van der Waals surface area (Å²) in [6, 6.07) is -0.547. The third-order valence-corrected chi connectivity index (χ3v) is 7.23. The third-order valence-electron chi connectivity index (χ3n) is 6.06. The Morgan fingerprint density at radius 2 is 1.94 bits per heavy atom. The predicted molar refractivity (Wildman–Crippen MR) is 118 cm³/mol. The van der Waals surface area contributed by atoms with Crippen molar-refractivity contribution in [3.8, 4) is 0 Å². The lowest BCUT2D eigenvalue weighted by Crippen LogP contribution is -2.47. The number of ether oxygens (including phenoxy) is 1. The number of imide groups is 1. The maximum Gasteiger partial charge on any atom is 0.341 e. The van der Waals surface area contributed by atoms with Crippen LogP contribution in [0, 0.1) is 5.92 Å². The minimum Gasteiger partial charge on any atom is -0.465 e. The molecule has 2 aliphatic rings. The molecule has 1 fully saturated rings. The Kier molecular flexibility index (Phi) is 7.03. The fourth-order valence-corrected chi connectivity index (χ4v) is 6.02. The number of carbonyl (C=O) groups is 4. The van der Waals surface area contributed by atoms with E-state index in [1.807, 2.05) is 13.8 Å². The number of nitrogens with one attached hydrogen (secondary N) is 2. The summed E-state index contributed by atoms with van der Waals surface area (Å²) in [5.41, 5.74) is 0.396. The van der Waals surface area contributed by atoms with Crippen LogP contribution in [0.25, 0.3) is 0 Å². The van der Waals surface area contributed by atoms with Gasteiger partial charge in [0.05, 0.1) is 12.7 Å². The van der Waals surface area contributed by atoms with E-state index in [9.17, 15) is 19.2 Å². The van der Waals surface area contributed by atoms with Crippen LogP contribution in [-0.4, -0.2) is 47.9 Å². The molecular formula is C22H31N3O5S. The number of fused-ring (bicyclic) bond motifs is 1. The van der Waals surface area contributed by atoms with Crippen LogP contribution >= 0.6 is 11.3 Å². The Labute approximate surface area is 186 Å². The second kappa shape index (κ2) is 9.38. The van der Waals surface area contributed by atoms with Gasteiger partial charge in [-0.3, -0.25) is 14.5 Å². The molecule has 0 bridgehead atoms. The van der Waals surface area contributed by atoms with Crippen LogP contribution in [0.2, 0.25) is 0 Å². The minimum absolute atomic E-state index is 0.358. The van der Waals surface area contributed by atoms with E-state index >= 15 is 0 Å². The van der Waals surface area contributed by atoms with Gasteiger partial charge in [-0.2, -0.15) is 0 Å². The van der Waals surface area contributed by atoms with E-state index in [2.05, 4.69) is 17.6 Å². The number of carbonyl (C=O) groups excluding carboxylic acids is 4. The molecule has 2 N–H and O–H groups in total. The summed E-state index contributed by atoms with van der Waals surface area (Å²) in [7, 11) is 1.32. The molecule has 4 amide bonds. The van der Waals surface area contributed by atoms with Crippen molar-refractivity contribution in [1.29, 1.82) is 0 Å². The van der Waals surface area contributed by atoms with Gasteiger partial charge in [-0.1, -0.05) is 33.6 Å². The molecule has 0 aromatic carbocycles. The average molecular weight is 450 g/mol. The second-order valence-electron chi connectivity index (χ2n) is 8.50. The maximum atomic E-state index is 13.0. The highest BCUT2D eigenvalue weighted by Gasteiger charge is 2.50. The van der Waals surface area contributed by atoms with Crippen LogP contribution in [-0.2, 0) is 27.2 Å². The molecular weight excluding hydrogens is 418 g/mol. The molecule has 2 heterocycles. The van der Waals surface area contributed by atoms with Gasteiger partial charge in [0.2, 0.25) is 5.91 Å². The molecule has 1 aromatic heterocycles. The van der Waals surface area contributed by atoms with Crippen LogP contribution in [0.4, 0.5) is 9.80 Å². The van der Waals surface area contributed by atoms with Crippen molar-refractivity contribution in [2.45, 2.75) is 71.3 Å². The Hall–Kier alpha value is -2.42. The van der Waals surface area contributed by atoms with Crippen LogP contribution in [0.1, 0.15) is 73.7 Å². The number of nitrogens with zero attached hydrogens (tertiary/aromatic N) is 1. The summed E-state index contributed by atoms with van der Waals surface area (Å²) in [6.45, 7) is 5.69. The van der Waals surface area contributed by atoms with Crippen molar-refractivity contribution in [1.82, 2.24) is 10.2 Å². The van der Waals surface area contributed by atoms with E-state index in [1.54, 1.807) is 0 Å². The van der Waals surface area contributed by atoms with Crippen LogP contribution in [0.3, 0.4) is 0 Å². The first kappa shape index (κ1) is 23.2. The van der Waals surface area contributed by atoms with E-state index in [0.29, 0.717) is 29.3 Å². The number of hydrogen-bond donors (Lipinski definition) is 2. The largest absolute Gasteiger partial charge is 0.465 e. The first-order valence-electron chi connectivity index (χ1n) is 10.9. The molecule has 9 heteroatoms. The number of esters is 1. The molecule has 1 saturated heterocycles. The monoisotopic (exact) mass is 449 g/mol. The Bertz CT molecular complexity index is 888. The lowest BCUT2D eigenvalue weighted by molar-refractivity contribution is -0.134. The van der Waals surface area contributed by atoms with Gasteiger partial charge in [0.25, 0.3) is 5.91 Å². The highest BCUT2D eigenvalue weighted by atomic mass is 32.1. The number of urea groups is 1. The third kappa shape index (κ3) is 4.46. The van der Waals surface area contributed by atoms with Gasteiger partial charge >= 0.3 is 12.0 Å². The number of methoxy groups -OCH3 is 1. The summed E-state index contributed by atoms with van der Waals surface area (Å²) in [5, 5.41) is 6.00. The summed E-state index contributed by atoms with van der Waals surface area (Å²) in [5.74, 6) is -0.841. The molecule has 1 unspecified atom stereocenters. The minimum atomic E-state index is -0.934. The van der Waals surface area contributed by atoms with Gasteiger partial charge in [-0.25, -0.2) is 9.59 Å². The van der Waals surface area contributed by atoms with E-state index in [-0.39, 0.29) is 12.5 Å². The zero-order chi connectivity index (χ0) is 22.8. The Morgan fingerprint density at radius 1 is 1.26 bits per heavy atom. The number of amides is 4. The summed E-state index contributed by atoms with van der Waals surface area (Å²) < 4.78 is 4.95. The topological polar surface area (TPSA) is 105 Å². The summed E-state index contributed by atoms with van der Waals surface area (Å²) >= 11 is 1.38. The summed E-state index contributed by atoms with van der Waals surface area (Å²) in [6.07, 6.45) is 5.14. The molecule has 0 saturated carbocycles. The molecule has 0 spiro atoms. The zero-order valence-electron chi connectivity index (χ0n) is 18.6. The smallest absolute Gasteiger partial charge is 0.341 e. The van der Waals surface area contributed by atoms with Crippen molar-refractivity contribution < 1.29 is 23.9 Å². The first-order valence-corrected chi connectivity index (χ1v) is 11.7. The summed E-state index contributed by atoms with van der Waals surface area (Å²) in [4.78, 5) is 52.8. The van der Waals surface area contributed by atoms with E-state index in [4.69, 9.17) is 4.74 Å². The van der Waals surface area contributed by atoms with E-state index in [0.717, 1.165) is 47.4 Å². The highest BCUT2D eigenvalue weighted by Crippen LogP contribution is 2.40. The molecule has 31 heavy (non-hydrogen) atoms. The van der Waals surface area contributed by atoms with Crippen molar-refractivity contribution in [3.63, 3.8) is 0 Å². The van der Waals surface area contributed by atoms with Crippen molar-refractivity contribution in [2.75, 3.05) is 19.0 Å². The van der Waals surface area contributed by atoms with Gasteiger partial charge in [0.15, 0.2) is 0 Å². The van der Waals surface area contributed by atoms with Crippen LogP contribution < -0.4 is 10.6 Å². The van der Waals surface area contributed by atoms with Gasteiger partial charge in [-0.15, -0.1) is 11.3 Å². The van der Waals surface area contributed by atoms with Crippen molar-refractivity contribution in [3.05, 3.63) is 16.0 Å². The highest BCUT2D eigenvalue weighted by molar-refractivity contribution is 7.17. The van der Waals surface area contributed by atoms with Crippen molar-refractivity contribution in [2.24, 2.45) is 5.92 Å². The number of anilines is 1. The van der Waals surface area contributed by atoms with Gasteiger partial charge in [-0.05, 0) is 43.6 Å². The molecule has 1 atom stereocenters. The molecule has 8 nitrogen and oxygen atoms in total. The molecule has 1 aliphatic heterocycles. The molecule has 3 rings (SSSR count). The SMILES string of the molecule is CCCC1(CCC)NC(=O)N(CC(=O)Nc2sc3c(c2C(=O)OC)CCC(C)C3)C1=O. The fraction of sp³-hybridized carbons (Fsp3) is 0.636. The number of thiophene rings is 1. The number of hydrogen-bond acceptors (Lipinski definition) is 6. The predicted octanol–water partition coefficient (Wildman–Crippen LogP) is 3.49. The maximum absolute atomic E-state index is 13.0. The van der Waals surface area contributed by atoms with E-state index < -0.39 is 23.4 Å².